The van der Waals surface area contributed by atoms with Crippen molar-refractivity contribution in [1.29, 1.82) is 0 Å². The summed E-state index contributed by atoms with van der Waals surface area (Å²) in [5, 5.41) is 0.353. The van der Waals surface area contributed by atoms with Crippen LogP contribution in [0.4, 0.5) is 0 Å². The quantitative estimate of drug-likeness (QED) is 0.634. The molecule has 4 heteroatoms. The van der Waals surface area contributed by atoms with E-state index in [2.05, 4.69) is 15.9 Å². The standard InChI is InChI=1S/C15H13BrCl2O/c1-9-3-4-14(19-2)13(5-9)15(18)10-6-11(16)8-12(17)7-10/h3-8,15H,1-2H3. The zero-order chi connectivity index (χ0) is 14.0. The number of hydrogen-bond acceptors (Lipinski definition) is 1. The molecule has 0 heterocycles. The summed E-state index contributed by atoms with van der Waals surface area (Å²) in [7, 11) is 1.64. The van der Waals surface area contributed by atoms with Gasteiger partial charge in [-0.25, -0.2) is 0 Å². The summed E-state index contributed by atoms with van der Waals surface area (Å²) in [5.74, 6) is 0.779. The van der Waals surface area contributed by atoms with Crippen molar-refractivity contribution >= 4 is 39.1 Å². The van der Waals surface area contributed by atoms with Crippen LogP contribution in [0.25, 0.3) is 0 Å². The smallest absolute Gasteiger partial charge is 0.123 e. The minimum atomic E-state index is -0.301. The average Bonchev–Trinajstić information content (AvgIpc) is 2.36. The molecule has 0 N–H and O–H groups in total. The molecule has 0 amide bonds. The largest absolute Gasteiger partial charge is 0.496 e. The summed E-state index contributed by atoms with van der Waals surface area (Å²) >= 11 is 16.1. The minimum absolute atomic E-state index is 0.301. The Balaban J connectivity index is 2.48. The molecule has 0 saturated carbocycles. The number of aryl methyl sites for hydroxylation is 1. The van der Waals surface area contributed by atoms with Gasteiger partial charge in [-0.3, -0.25) is 0 Å². The van der Waals surface area contributed by atoms with Crippen molar-refractivity contribution in [2.75, 3.05) is 7.11 Å². The average molecular weight is 360 g/mol. The molecule has 0 fully saturated rings. The maximum absolute atomic E-state index is 6.57. The highest BCUT2D eigenvalue weighted by Gasteiger charge is 2.17. The molecule has 0 aliphatic heterocycles. The summed E-state index contributed by atoms with van der Waals surface area (Å²) in [5.41, 5.74) is 3.02. The third-order valence-corrected chi connectivity index (χ3v) is 4.00. The summed E-state index contributed by atoms with van der Waals surface area (Å²) < 4.78 is 6.28. The Kier molecular flexibility index (Phi) is 4.77. The van der Waals surface area contributed by atoms with Gasteiger partial charge < -0.3 is 4.74 Å². The van der Waals surface area contributed by atoms with Crippen molar-refractivity contribution < 1.29 is 4.74 Å². The molecule has 2 aromatic rings. The van der Waals surface area contributed by atoms with Gasteiger partial charge >= 0.3 is 0 Å². The maximum atomic E-state index is 6.57. The van der Waals surface area contributed by atoms with Crippen molar-refractivity contribution in [2.45, 2.75) is 12.3 Å². The van der Waals surface area contributed by atoms with Crippen LogP contribution in [0, 0.1) is 6.92 Å². The van der Waals surface area contributed by atoms with Crippen LogP contribution in [0.2, 0.25) is 5.02 Å². The molecule has 0 spiro atoms. The SMILES string of the molecule is COc1ccc(C)cc1C(Cl)c1cc(Cl)cc(Br)c1. The molecule has 0 radical (unpaired) electrons. The fourth-order valence-electron chi connectivity index (χ4n) is 1.95. The van der Waals surface area contributed by atoms with Crippen molar-refractivity contribution in [1.82, 2.24) is 0 Å². The first-order valence-electron chi connectivity index (χ1n) is 5.76. The van der Waals surface area contributed by atoms with Crippen LogP contribution in [-0.2, 0) is 0 Å². The highest BCUT2D eigenvalue weighted by Crippen LogP contribution is 2.37. The first-order valence-corrected chi connectivity index (χ1v) is 7.36. The molecule has 2 rings (SSSR count). The van der Waals surface area contributed by atoms with Crippen LogP contribution in [0.1, 0.15) is 22.1 Å². The first kappa shape index (κ1) is 14.7. The molecule has 1 nitrogen and oxygen atoms in total. The summed E-state index contributed by atoms with van der Waals surface area (Å²) in [4.78, 5) is 0. The van der Waals surface area contributed by atoms with Crippen molar-refractivity contribution in [3.05, 3.63) is 62.6 Å². The van der Waals surface area contributed by atoms with Gasteiger partial charge in [0.15, 0.2) is 0 Å². The van der Waals surface area contributed by atoms with E-state index in [1.807, 2.05) is 43.3 Å². The molecule has 0 aromatic heterocycles. The molecule has 0 saturated heterocycles. The summed E-state index contributed by atoms with van der Waals surface area (Å²) in [6.07, 6.45) is 0. The lowest BCUT2D eigenvalue weighted by Crippen LogP contribution is -1.98. The Morgan fingerprint density at radius 2 is 1.89 bits per heavy atom. The Morgan fingerprint density at radius 1 is 1.16 bits per heavy atom. The van der Waals surface area contributed by atoms with E-state index in [-0.39, 0.29) is 5.38 Å². The van der Waals surface area contributed by atoms with Crippen LogP contribution in [0.3, 0.4) is 0 Å². The zero-order valence-electron chi connectivity index (χ0n) is 10.6. The molecule has 0 aliphatic carbocycles. The van der Waals surface area contributed by atoms with E-state index in [1.165, 1.54) is 0 Å². The van der Waals surface area contributed by atoms with Gasteiger partial charge in [-0.1, -0.05) is 45.2 Å². The van der Waals surface area contributed by atoms with Gasteiger partial charge in [0.25, 0.3) is 0 Å². The van der Waals surface area contributed by atoms with Gasteiger partial charge in [-0.2, -0.15) is 0 Å². The van der Waals surface area contributed by atoms with E-state index in [1.54, 1.807) is 7.11 Å². The van der Waals surface area contributed by atoms with Crippen molar-refractivity contribution in [3.8, 4) is 5.75 Å². The Morgan fingerprint density at radius 3 is 2.53 bits per heavy atom. The van der Waals surface area contributed by atoms with Crippen LogP contribution >= 0.6 is 39.1 Å². The second-order valence-electron chi connectivity index (χ2n) is 4.31. The Labute approximate surface area is 131 Å². The van der Waals surface area contributed by atoms with E-state index in [0.717, 1.165) is 26.9 Å². The number of rotatable bonds is 3. The van der Waals surface area contributed by atoms with Crippen LogP contribution in [-0.4, -0.2) is 7.11 Å². The highest BCUT2D eigenvalue weighted by atomic mass is 79.9. The predicted molar refractivity (Wildman–Crippen MR) is 84.6 cm³/mol. The number of methoxy groups -OCH3 is 1. The second kappa shape index (κ2) is 6.17. The minimum Gasteiger partial charge on any atom is -0.496 e. The molecular weight excluding hydrogens is 347 g/mol. The third kappa shape index (κ3) is 3.44. The fraction of sp³-hybridized carbons (Fsp3) is 0.200. The van der Waals surface area contributed by atoms with Crippen LogP contribution in [0.15, 0.2) is 40.9 Å². The highest BCUT2D eigenvalue weighted by molar-refractivity contribution is 9.10. The van der Waals surface area contributed by atoms with Gasteiger partial charge in [0.2, 0.25) is 0 Å². The molecule has 100 valence electrons. The lowest BCUT2D eigenvalue weighted by Gasteiger charge is -2.16. The maximum Gasteiger partial charge on any atom is 0.123 e. The molecule has 19 heavy (non-hydrogen) atoms. The molecular formula is C15H13BrCl2O. The number of hydrogen-bond donors (Lipinski definition) is 0. The Hall–Kier alpha value is -0.700. The normalized spacial score (nSPS) is 12.3. The van der Waals surface area contributed by atoms with Gasteiger partial charge in [-0.05, 0) is 36.8 Å². The van der Waals surface area contributed by atoms with Gasteiger partial charge in [-0.15, -0.1) is 11.6 Å². The van der Waals surface area contributed by atoms with E-state index >= 15 is 0 Å². The monoisotopic (exact) mass is 358 g/mol. The molecule has 2 aromatic carbocycles. The first-order chi connectivity index (χ1) is 9.01. The molecule has 0 bridgehead atoms. The Bertz CT molecular complexity index is 578. The molecule has 0 aliphatic rings. The van der Waals surface area contributed by atoms with E-state index in [0.29, 0.717) is 5.02 Å². The lowest BCUT2D eigenvalue weighted by molar-refractivity contribution is 0.410. The van der Waals surface area contributed by atoms with Gasteiger partial charge in [0.05, 0.1) is 12.5 Å². The summed E-state index contributed by atoms with van der Waals surface area (Å²) in [6.45, 7) is 2.03. The van der Waals surface area contributed by atoms with Gasteiger partial charge in [0.1, 0.15) is 5.75 Å². The van der Waals surface area contributed by atoms with Crippen LogP contribution < -0.4 is 4.74 Å². The zero-order valence-corrected chi connectivity index (χ0v) is 13.7. The number of alkyl halides is 1. The second-order valence-corrected chi connectivity index (χ2v) is 6.10. The number of halogens is 3. The molecule has 1 atom stereocenters. The lowest BCUT2D eigenvalue weighted by atomic mass is 10.0. The van der Waals surface area contributed by atoms with E-state index < -0.39 is 0 Å². The van der Waals surface area contributed by atoms with E-state index in [4.69, 9.17) is 27.9 Å². The fourth-order valence-corrected chi connectivity index (χ4v) is 3.14. The van der Waals surface area contributed by atoms with Gasteiger partial charge in [0, 0.05) is 15.1 Å². The van der Waals surface area contributed by atoms with Crippen molar-refractivity contribution in [3.63, 3.8) is 0 Å². The topological polar surface area (TPSA) is 9.23 Å². The third-order valence-electron chi connectivity index (χ3n) is 2.84. The van der Waals surface area contributed by atoms with Crippen molar-refractivity contribution in [2.24, 2.45) is 0 Å². The van der Waals surface area contributed by atoms with Crippen LogP contribution in [0.5, 0.6) is 5.75 Å². The summed E-state index contributed by atoms with van der Waals surface area (Å²) in [6, 6.07) is 11.6. The van der Waals surface area contributed by atoms with E-state index in [9.17, 15) is 0 Å². The number of ether oxygens (including phenoxy) is 1. The number of benzene rings is 2. The predicted octanol–water partition coefficient (Wildman–Crippen LogP) is 5.75. The molecule has 1 unspecified atom stereocenters.